The maximum absolute atomic E-state index is 12.9. The molecule has 0 saturated heterocycles. The summed E-state index contributed by atoms with van der Waals surface area (Å²) in [4.78, 5) is 18.4. The fourth-order valence-electron chi connectivity index (χ4n) is 1.20. The Balaban J connectivity index is 2.87. The van der Waals surface area contributed by atoms with Crippen LogP contribution in [0, 0.1) is 5.82 Å². The topological polar surface area (TPSA) is 63.1 Å². The number of aromatic carboxylic acids is 1. The molecule has 70 valence electrons. The molecule has 0 bridgehead atoms. The molecular formula is C9H5FN2O2. The molecule has 5 heteroatoms. The van der Waals surface area contributed by atoms with E-state index >= 15 is 0 Å². The summed E-state index contributed by atoms with van der Waals surface area (Å²) >= 11 is 0. The van der Waals surface area contributed by atoms with Crippen molar-refractivity contribution >= 4 is 17.0 Å². The molecule has 0 amide bonds. The molecule has 0 atom stereocenters. The number of hydrogen-bond donors (Lipinski definition) is 1. The summed E-state index contributed by atoms with van der Waals surface area (Å²) < 4.78 is 12.9. The van der Waals surface area contributed by atoms with Crippen molar-refractivity contribution in [1.82, 2.24) is 9.97 Å². The molecule has 0 saturated carbocycles. The molecule has 0 unspecified atom stereocenters. The van der Waals surface area contributed by atoms with Crippen molar-refractivity contribution in [2.75, 3.05) is 0 Å². The first-order valence-corrected chi connectivity index (χ1v) is 3.82. The van der Waals surface area contributed by atoms with Gasteiger partial charge >= 0.3 is 5.97 Å². The molecule has 4 nitrogen and oxygen atoms in total. The second-order valence-corrected chi connectivity index (χ2v) is 2.68. The van der Waals surface area contributed by atoms with Gasteiger partial charge in [0.2, 0.25) is 0 Å². The van der Waals surface area contributed by atoms with Crippen LogP contribution >= 0.6 is 0 Å². The molecular weight excluding hydrogens is 187 g/mol. The average molecular weight is 192 g/mol. The number of rotatable bonds is 1. The third-order valence-corrected chi connectivity index (χ3v) is 1.77. The number of carboxylic acid groups (broad SMARTS) is 1. The van der Waals surface area contributed by atoms with Crippen molar-refractivity contribution in [2.45, 2.75) is 0 Å². The van der Waals surface area contributed by atoms with Gasteiger partial charge in [0.25, 0.3) is 0 Å². The van der Waals surface area contributed by atoms with Crippen molar-refractivity contribution in [3.05, 3.63) is 35.9 Å². The van der Waals surface area contributed by atoms with Crippen LogP contribution in [0.4, 0.5) is 4.39 Å². The van der Waals surface area contributed by atoms with Crippen LogP contribution in [0.15, 0.2) is 24.5 Å². The zero-order chi connectivity index (χ0) is 10.1. The van der Waals surface area contributed by atoms with E-state index < -0.39 is 11.8 Å². The van der Waals surface area contributed by atoms with E-state index in [4.69, 9.17) is 5.11 Å². The first-order chi connectivity index (χ1) is 6.68. The fourth-order valence-corrected chi connectivity index (χ4v) is 1.20. The number of halogens is 1. The Bertz CT molecular complexity index is 513. The first kappa shape index (κ1) is 8.55. The van der Waals surface area contributed by atoms with E-state index in [0.29, 0.717) is 0 Å². The number of aromatic nitrogens is 2. The van der Waals surface area contributed by atoms with Gasteiger partial charge in [-0.3, -0.25) is 9.97 Å². The van der Waals surface area contributed by atoms with Gasteiger partial charge < -0.3 is 5.11 Å². The van der Waals surface area contributed by atoms with E-state index in [1.54, 1.807) is 0 Å². The standard InChI is InChI=1S/C9H5FN2O2/c10-5-3-6(9(13)14)8-7(4-5)11-1-2-12-8/h1-4H,(H,13,14). The summed E-state index contributed by atoms with van der Waals surface area (Å²) in [6, 6.07) is 2.08. The van der Waals surface area contributed by atoms with Crippen molar-refractivity contribution < 1.29 is 14.3 Å². The van der Waals surface area contributed by atoms with Gasteiger partial charge in [0.15, 0.2) is 0 Å². The van der Waals surface area contributed by atoms with Crippen LogP contribution in [-0.2, 0) is 0 Å². The number of benzene rings is 1. The van der Waals surface area contributed by atoms with Crippen molar-refractivity contribution in [3.8, 4) is 0 Å². The van der Waals surface area contributed by atoms with E-state index in [0.717, 1.165) is 12.1 Å². The molecule has 0 radical (unpaired) electrons. The van der Waals surface area contributed by atoms with E-state index in [1.807, 2.05) is 0 Å². The van der Waals surface area contributed by atoms with Crippen LogP contribution in [0.5, 0.6) is 0 Å². The second kappa shape index (κ2) is 3.02. The van der Waals surface area contributed by atoms with Crippen molar-refractivity contribution in [3.63, 3.8) is 0 Å². The number of nitrogens with zero attached hydrogens (tertiary/aromatic N) is 2. The quantitative estimate of drug-likeness (QED) is 0.743. The Labute approximate surface area is 78.0 Å². The zero-order valence-electron chi connectivity index (χ0n) is 6.94. The number of hydrogen-bond acceptors (Lipinski definition) is 3. The van der Waals surface area contributed by atoms with Gasteiger partial charge in [-0.25, -0.2) is 9.18 Å². The zero-order valence-corrected chi connectivity index (χ0v) is 6.94. The minimum absolute atomic E-state index is 0.173. The van der Waals surface area contributed by atoms with E-state index in [-0.39, 0.29) is 16.6 Å². The van der Waals surface area contributed by atoms with Gasteiger partial charge in [-0.1, -0.05) is 0 Å². The monoisotopic (exact) mass is 192 g/mol. The Hall–Kier alpha value is -2.04. The summed E-state index contributed by atoms with van der Waals surface area (Å²) in [7, 11) is 0. The largest absolute Gasteiger partial charge is 0.478 e. The van der Waals surface area contributed by atoms with Crippen molar-refractivity contribution in [1.29, 1.82) is 0 Å². The number of fused-ring (bicyclic) bond motifs is 1. The third-order valence-electron chi connectivity index (χ3n) is 1.77. The highest BCUT2D eigenvalue weighted by Gasteiger charge is 2.11. The van der Waals surface area contributed by atoms with Gasteiger partial charge in [0, 0.05) is 18.5 Å². The van der Waals surface area contributed by atoms with Crippen LogP contribution < -0.4 is 0 Å². The molecule has 0 aliphatic heterocycles. The lowest BCUT2D eigenvalue weighted by molar-refractivity contribution is 0.0698. The number of carboxylic acids is 1. The summed E-state index contributed by atoms with van der Waals surface area (Å²) in [6.07, 6.45) is 2.75. The van der Waals surface area contributed by atoms with Crippen LogP contribution in [0.3, 0.4) is 0 Å². The predicted octanol–water partition coefficient (Wildman–Crippen LogP) is 1.47. The molecule has 0 aliphatic rings. The third kappa shape index (κ3) is 1.28. The maximum Gasteiger partial charge on any atom is 0.338 e. The predicted molar refractivity (Wildman–Crippen MR) is 46.5 cm³/mol. The molecule has 1 N–H and O–H groups in total. The lowest BCUT2D eigenvalue weighted by Gasteiger charge is -2.00. The smallest absolute Gasteiger partial charge is 0.338 e. The highest BCUT2D eigenvalue weighted by atomic mass is 19.1. The molecule has 0 spiro atoms. The molecule has 0 fully saturated rings. The first-order valence-electron chi connectivity index (χ1n) is 3.82. The van der Waals surface area contributed by atoms with Crippen LogP contribution in [-0.4, -0.2) is 21.0 Å². The maximum atomic E-state index is 12.9. The molecule has 1 aromatic heterocycles. The van der Waals surface area contributed by atoms with Crippen molar-refractivity contribution in [2.24, 2.45) is 0 Å². The highest BCUT2D eigenvalue weighted by molar-refractivity contribution is 6.00. The van der Waals surface area contributed by atoms with E-state index in [2.05, 4.69) is 9.97 Å². The second-order valence-electron chi connectivity index (χ2n) is 2.68. The van der Waals surface area contributed by atoms with Gasteiger partial charge in [-0.2, -0.15) is 0 Å². The van der Waals surface area contributed by atoms with E-state index in [1.165, 1.54) is 12.4 Å². The molecule has 2 aromatic rings. The Morgan fingerprint density at radius 1 is 1.29 bits per heavy atom. The van der Waals surface area contributed by atoms with Crippen LogP contribution in [0.1, 0.15) is 10.4 Å². The Morgan fingerprint density at radius 3 is 2.71 bits per heavy atom. The summed E-state index contributed by atoms with van der Waals surface area (Å²) in [6.45, 7) is 0. The molecule has 14 heavy (non-hydrogen) atoms. The molecule has 2 rings (SSSR count). The van der Waals surface area contributed by atoms with Gasteiger partial charge in [-0.05, 0) is 6.07 Å². The number of carbonyl (C=O) groups is 1. The molecule has 1 aromatic carbocycles. The SMILES string of the molecule is O=C(O)c1cc(F)cc2nccnc12. The normalized spacial score (nSPS) is 10.4. The summed E-state index contributed by atoms with van der Waals surface area (Å²) in [5.74, 6) is -1.84. The summed E-state index contributed by atoms with van der Waals surface area (Å²) in [5.41, 5.74) is 0.263. The minimum atomic E-state index is -1.21. The van der Waals surface area contributed by atoms with Crippen LogP contribution in [0.25, 0.3) is 11.0 Å². The highest BCUT2D eigenvalue weighted by Crippen LogP contribution is 2.16. The lowest BCUT2D eigenvalue weighted by Crippen LogP contribution is -2.00. The lowest BCUT2D eigenvalue weighted by atomic mass is 10.1. The van der Waals surface area contributed by atoms with E-state index in [9.17, 15) is 9.18 Å². The average Bonchev–Trinajstić information content (AvgIpc) is 2.16. The van der Waals surface area contributed by atoms with Crippen LogP contribution in [0.2, 0.25) is 0 Å². The van der Waals surface area contributed by atoms with Gasteiger partial charge in [0.1, 0.15) is 11.3 Å². The fraction of sp³-hybridized carbons (Fsp3) is 0. The Morgan fingerprint density at radius 2 is 2.00 bits per heavy atom. The van der Waals surface area contributed by atoms with Gasteiger partial charge in [0.05, 0.1) is 11.1 Å². The molecule has 0 aliphatic carbocycles. The van der Waals surface area contributed by atoms with Gasteiger partial charge in [-0.15, -0.1) is 0 Å². The summed E-state index contributed by atoms with van der Waals surface area (Å²) in [5, 5.41) is 8.77. The minimum Gasteiger partial charge on any atom is -0.478 e. The Kier molecular flexibility index (Phi) is 1.85. The molecule has 1 heterocycles.